The van der Waals surface area contributed by atoms with Gasteiger partial charge in [0.15, 0.2) is 0 Å². The number of hydrogen-bond acceptors (Lipinski definition) is 2. The van der Waals surface area contributed by atoms with Crippen molar-refractivity contribution in [1.29, 1.82) is 0 Å². The average molecular weight is 268 g/mol. The third-order valence-electron chi connectivity index (χ3n) is 3.89. The molecule has 0 fully saturated rings. The van der Waals surface area contributed by atoms with Gasteiger partial charge in [0, 0.05) is 11.9 Å². The molecule has 2 nitrogen and oxygen atoms in total. The van der Waals surface area contributed by atoms with Gasteiger partial charge in [0.1, 0.15) is 0 Å². The third kappa shape index (κ3) is 3.91. The van der Waals surface area contributed by atoms with Crippen LogP contribution in [0.4, 0.5) is 0 Å². The summed E-state index contributed by atoms with van der Waals surface area (Å²) < 4.78 is 0. The molecule has 1 aromatic heterocycles. The van der Waals surface area contributed by atoms with Gasteiger partial charge in [-0.1, -0.05) is 36.8 Å². The number of aromatic nitrogens is 1. The second-order valence-electron chi connectivity index (χ2n) is 5.47. The zero-order chi connectivity index (χ0) is 14.4. The monoisotopic (exact) mass is 268 g/mol. The average Bonchev–Trinajstić information content (AvgIpc) is 2.45. The molecule has 106 valence electrons. The van der Waals surface area contributed by atoms with Crippen molar-refractivity contribution in [1.82, 2.24) is 4.98 Å². The van der Waals surface area contributed by atoms with Crippen molar-refractivity contribution in [3.63, 3.8) is 0 Å². The van der Waals surface area contributed by atoms with Gasteiger partial charge in [0.05, 0.1) is 0 Å². The molecule has 0 bridgehead atoms. The Bertz CT molecular complexity index is 526. The van der Waals surface area contributed by atoms with Gasteiger partial charge in [-0.05, 0) is 61.9 Å². The van der Waals surface area contributed by atoms with E-state index >= 15 is 0 Å². The molecule has 0 aliphatic heterocycles. The predicted octanol–water partition coefficient (Wildman–Crippen LogP) is 4.03. The van der Waals surface area contributed by atoms with E-state index in [1.807, 2.05) is 13.1 Å². The largest absolute Gasteiger partial charge is 0.330 e. The van der Waals surface area contributed by atoms with Crippen molar-refractivity contribution in [3.05, 3.63) is 60.0 Å². The lowest BCUT2D eigenvalue weighted by Gasteiger charge is -2.16. The lowest BCUT2D eigenvalue weighted by atomic mass is 9.91. The summed E-state index contributed by atoms with van der Waals surface area (Å²) in [6.07, 6.45) is 13.2. The molecule has 0 saturated carbocycles. The second-order valence-corrected chi connectivity index (χ2v) is 5.47. The van der Waals surface area contributed by atoms with Crippen LogP contribution in [-0.4, -0.2) is 11.5 Å². The third-order valence-corrected chi connectivity index (χ3v) is 3.89. The summed E-state index contributed by atoms with van der Waals surface area (Å²) in [6, 6.07) is 4.20. The molecular weight excluding hydrogens is 244 g/mol. The van der Waals surface area contributed by atoms with Crippen molar-refractivity contribution in [2.75, 3.05) is 6.54 Å². The second kappa shape index (κ2) is 7.20. The first-order valence-electron chi connectivity index (χ1n) is 7.41. The van der Waals surface area contributed by atoms with Crippen molar-refractivity contribution in [2.24, 2.45) is 11.7 Å². The van der Waals surface area contributed by atoms with E-state index in [4.69, 9.17) is 5.73 Å². The molecule has 1 unspecified atom stereocenters. The van der Waals surface area contributed by atoms with Crippen LogP contribution in [0.15, 0.2) is 48.7 Å². The molecule has 0 aromatic carbocycles. The molecule has 2 rings (SSSR count). The molecule has 2 N–H and O–H groups in total. The fourth-order valence-electron chi connectivity index (χ4n) is 2.59. The summed E-state index contributed by atoms with van der Waals surface area (Å²) in [5.41, 5.74) is 10.5. The van der Waals surface area contributed by atoms with Crippen LogP contribution >= 0.6 is 0 Å². The molecule has 1 aliphatic carbocycles. The predicted molar refractivity (Wildman–Crippen MR) is 86.2 cm³/mol. The Morgan fingerprint density at radius 3 is 2.95 bits per heavy atom. The maximum atomic E-state index is 5.85. The van der Waals surface area contributed by atoms with Crippen LogP contribution in [0.25, 0.3) is 5.57 Å². The molecule has 0 radical (unpaired) electrons. The Kier molecular flexibility index (Phi) is 5.31. The van der Waals surface area contributed by atoms with Crippen LogP contribution in [0.3, 0.4) is 0 Å². The summed E-state index contributed by atoms with van der Waals surface area (Å²) in [7, 11) is 0. The molecule has 2 heteroatoms. The quantitative estimate of drug-likeness (QED) is 0.879. The van der Waals surface area contributed by atoms with Crippen molar-refractivity contribution < 1.29 is 0 Å². The highest BCUT2D eigenvalue weighted by atomic mass is 14.6. The minimum absolute atomic E-state index is 0.421. The highest BCUT2D eigenvalue weighted by Gasteiger charge is 2.10. The van der Waals surface area contributed by atoms with E-state index in [9.17, 15) is 0 Å². The van der Waals surface area contributed by atoms with E-state index in [0.717, 1.165) is 24.1 Å². The normalized spacial score (nSPS) is 24.8. The summed E-state index contributed by atoms with van der Waals surface area (Å²) in [5.74, 6) is 0.421. The summed E-state index contributed by atoms with van der Waals surface area (Å²) in [4.78, 5) is 4.27. The molecule has 1 aromatic rings. The Morgan fingerprint density at radius 1 is 1.35 bits per heavy atom. The van der Waals surface area contributed by atoms with Crippen LogP contribution in [0.5, 0.6) is 0 Å². The van der Waals surface area contributed by atoms with Gasteiger partial charge < -0.3 is 5.73 Å². The lowest BCUT2D eigenvalue weighted by molar-refractivity contribution is 0.539. The number of nitrogens with two attached hydrogens (primary N) is 1. The Morgan fingerprint density at radius 2 is 2.20 bits per heavy atom. The number of rotatable bonds is 2. The van der Waals surface area contributed by atoms with Gasteiger partial charge in [-0.15, -0.1) is 0 Å². The number of nitrogens with zero attached hydrogens (tertiary/aromatic N) is 1. The SMILES string of the molecule is C=C1/C=C\C(c2ccnc(C)c2)=C/CCCCC1CN. The van der Waals surface area contributed by atoms with Crippen LogP contribution < -0.4 is 5.73 Å². The van der Waals surface area contributed by atoms with E-state index in [1.54, 1.807) is 0 Å². The summed E-state index contributed by atoms with van der Waals surface area (Å²) in [5, 5.41) is 0. The van der Waals surface area contributed by atoms with Gasteiger partial charge in [-0.3, -0.25) is 4.98 Å². The van der Waals surface area contributed by atoms with Crippen LogP contribution in [0.2, 0.25) is 0 Å². The van der Waals surface area contributed by atoms with Gasteiger partial charge in [0.2, 0.25) is 0 Å². The van der Waals surface area contributed by atoms with Crippen LogP contribution in [0.1, 0.15) is 36.9 Å². The molecular formula is C18H24N2. The molecule has 0 saturated heterocycles. The van der Waals surface area contributed by atoms with Gasteiger partial charge in [-0.2, -0.15) is 0 Å². The Labute approximate surface area is 122 Å². The molecule has 20 heavy (non-hydrogen) atoms. The maximum Gasteiger partial charge on any atom is 0.0378 e. The Hall–Kier alpha value is -1.67. The minimum atomic E-state index is 0.421. The fraction of sp³-hybridized carbons (Fsp3) is 0.389. The van der Waals surface area contributed by atoms with Crippen molar-refractivity contribution >= 4 is 5.57 Å². The van der Waals surface area contributed by atoms with E-state index in [2.05, 4.69) is 41.9 Å². The summed E-state index contributed by atoms with van der Waals surface area (Å²) >= 11 is 0. The van der Waals surface area contributed by atoms with Crippen molar-refractivity contribution in [3.8, 4) is 0 Å². The van der Waals surface area contributed by atoms with Crippen molar-refractivity contribution in [2.45, 2.75) is 32.6 Å². The molecule has 1 heterocycles. The molecule has 1 aliphatic rings. The molecule has 1 atom stereocenters. The van der Waals surface area contributed by atoms with Crippen LogP contribution in [-0.2, 0) is 0 Å². The van der Waals surface area contributed by atoms with E-state index < -0.39 is 0 Å². The van der Waals surface area contributed by atoms with Crippen LogP contribution in [0, 0.1) is 12.8 Å². The standard InChI is InChI=1S/C18H24N2/c1-14-8-9-16(17-10-11-20-15(2)12-17)6-4-3-5-7-18(14)13-19/h6,8-12,18H,1,3-5,7,13,19H2,2H3/b9-8-,16-6+. The highest BCUT2D eigenvalue weighted by molar-refractivity contribution is 5.74. The van der Waals surface area contributed by atoms with Gasteiger partial charge in [0.25, 0.3) is 0 Å². The first-order valence-corrected chi connectivity index (χ1v) is 7.41. The molecule has 0 amide bonds. The maximum absolute atomic E-state index is 5.85. The Balaban J connectivity index is 2.27. The van der Waals surface area contributed by atoms with Gasteiger partial charge >= 0.3 is 0 Å². The number of allylic oxidation sites excluding steroid dienone is 4. The molecule has 0 spiro atoms. The lowest BCUT2D eigenvalue weighted by Crippen LogP contribution is -2.15. The smallest absolute Gasteiger partial charge is 0.0378 e. The number of hydrogen-bond donors (Lipinski definition) is 1. The first-order chi connectivity index (χ1) is 9.70. The first kappa shape index (κ1) is 14.7. The van der Waals surface area contributed by atoms with Gasteiger partial charge in [-0.25, -0.2) is 0 Å². The number of pyridine rings is 1. The van der Waals surface area contributed by atoms with E-state index in [1.165, 1.54) is 24.0 Å². The topological polar surface area (TPSA) is 38.9 Å². The zero-order valence-corrected chi connectivity index (χ0v) is 12.3. The van der Waals surface area contributed by atoms with E-state index in [0.29, 0.717) is 12.5 Å². The highest BCUT2D eigenvalue weighted by Crippen LogP contribution is 2.24. The summed E-state index contributed by atoms with van der Waals surface area (Å²) in [6.45, 7) is 6.90. The zero-order valence-electron chi connectivity index (χ0n) is 12.3. The van der Waals surface area contributed by atoms with E-state index in [-0.39, 0.29) is 0 Å². The minimum Gasteiger partial charge on any atom is -0.330 e. The number of aryl methyl sites for hydroxylation is 1. The fourth-order valence-corrected chi connectivity index (χ4v) is 2.59.